The Hall–Kier alpha value is 1.14. The molecule has 0 aromatic heterocycles. The molecule has 0 bridgehead atoms. The van der Waals surface area contributed by atoms with Gasteiger partial charge in [-0.15, -0.1) is 35.3 Å². The van der Waals surface area contributed by atoms with Crippen molar-refractivity contribution < 1.29 is 4.74 Å². The lowest BCUT2D eigenvalue weighted by molar-refractivity contribution is 0.325. The van der Waals surface area contributed by atoms with E-state index < -0.39 is 0 Å². The van der Waals surface area contributed by atoms with Crippen LogP contribution in [0, 0.1) is 0 Å². The van der Waals surface area contributed by atoms with E-state index in [1.807, 2.05) is 70.6 Å². The Morgan fingerprint density at radius 2 is 1.68 bits per heavy atom. The van der Waals surface area contributed by atoms with Crippen molar-refractivity contribution in [3.8, 4) is 0 Å². The molecular formula is C13H13NOS7. The van der Waals surface area contributed by atoms with Crippen molar-refractivity contribution in [2.45, 2.75) is 13.0 Å². The maximum Gasteiger partial charge on any atom is 0.225 e. The maximum absolute atomic E-state index is 5.78. The van der Waals surface area contributed by atoms with Crippen LogP contribution >= 0.6 is 82.3 Å². The predicted octanol–water partition coefficient (Wildman–Crippen LogP) is 6.03. The van der Waals surface area contributed by atoms with Gasteiger partial charge in [-0.1, -0.05) is 47.0 Å². The summed E-state index contributed by atoms with van der Waals surface area (Å²) in [6.07, 6.45) is 2.14. The van der Waals surface area contributed by atoms with Gasteiger partial charge in [-0.2, -0.15) is 0 Å². The summed E-state index contributed by atoms with van der Waals surface area (Å²) in [6.45, 7) is 2.82. The van der Waals surface area contributed by atoms with Gasteiger partial charge in [-0.05, 0) is 13.2 Å². The molecule has 4 rings (SSSR count). The second-order valence-corrected chi connectivity index (χ2v) is 13.1. The van der Waals surface area contributed by atoms with Crippen LogP contribution in [-0.4, -0.2) is 36.3 Å². The summed E-state index contributed by atoms with van der Waals surface area (Å²) in [7, 11) is 0. The molecule has 0 N–H and O–H groups in total. The Labute approximate surface area is 160 Å². The molecule has 0 saturated carbocycles. The van der Waals surface area contributed by atoms with Crippen LogP contribution in [0.5, 0.6) is 0 Å². The third-order valence-electron chi connectivity index (χ3n) is 3.00. The fraction of sp³-hybridized carbons (Fsp3) is 0.462. The molecule has 0 spiro atoms. The van der Waals surface area contributed by atoms with Gasteiger partial charge in [0.1, 0.15) is 6.61 Å². The van der Waals surface area contributed by atoms with Crippen LogP contribution in [0.4, 0.5) is 0 Å². The first-order valence-electron chi connectivity index (χ1n) is 6.69. The number of aliphatic imine (C=N–C) groups is 1. The topological polar surface area (TPSA) is 21.6 Å². The molecule has 0 fully saturated rings. The Balaban J connectivity index is 1.55. The third-order valence-corrected chi connectivity index (χ3v) is 13.1. The molecule has 4 aliphatic rings. The highest BCUT2D eigenvalue weighted by molar-refractivity contribution is 8.43. The molecule has 1 atom stereocenters. The van der Waals surface area contributed by atoms with E-state index in [0.717, 1.165) is 5.90 Å². The lowest BCUT2D eigenvalue weighted by atomic mass is 10.4. The van der Waals surface area contributed by atoms with Gasteiger partial charge in [0, 0.05) is 11.5 Å². The first-order chi connectivity index (χ1) is 10.7. The molecule has 0 amide bonds. The molecule has 0 aromatic rings. The van der Waals surface area contributed by atoms with E-state index in [9.17, 15) is 0 Å². The predicted molar refractivity (Wildman–Crippen MR) is 113 cm³/mol. The van der Waals surface area contributed by atoms with Crippen LogP contribution in [0.15, 0.2) is 31.1 Å². The quantitative estimate of drug-likeness (QED) is 0.530. The monoisotopic (exact) mass is 423 g/mol. The van der Waals surface area contributed by atoms with E-state index in [0.29, 0.717) is 6.61 Å². The van der Waals surface area contributed by atoms with Gasteiger partial charge >= 0.3 is 0 Å². The van der Waals surface area contributed by atoms with Crippen molar-refractivity contribution in [3.05, 3.63) is 26.1 Å². The van der Waals surface area contributed by atoms with Crippen molar-refractivity contribution in [1.82, 2.24) is 0 Å². The van der Waals surface area contributed by atoms with Gasteiger partial charge in [0.2, 0.25) is 5.90 Å². The minimum Gasteiger partial charge on any atom is -0.475 e. The van der Waals surface area contributed by atoms with Gasteiger partial charge in [-0.3, -0.25) is 0 Å². The minimum atomic E-state index is 0.282. The van der Waals surface area contributed by atoms with Crippen LogP contribution in [0.2, 0.25) is 0 Å². The molecule has 2 nitrogen and oxygen atoms in total. The van der Waals surface area contributed by atoms with Crippen LogP contribution < -0.4 is 0 Å². The molecule has 0 aliphatic carbocycles. The van der Waals surface area contributed by atoms with Crippen LogP contribution in [0.1, 0.15) is 6.92 Å². The summed E-state index contributed by atoms with van der Waals surface area (Å²) in [6, 6.07) is 0.282. The Morgan fingerprint density at radius 3 is 2.27 bits per heavy atom. The van der Waals surface area contributed by atoms with Crippen LogP contribution in [0.25, 0.3) is 0 Å². The van der Waals surface area contributed by atoms with E-state index in [1.165, 1.54) is 37.6 Å². The van der Waals surface area contributed by atoms with E-state index in [2.05, 4.69) is 18.2 Å². The molecule has 9 heteroatoms. The average molecular weight is 424 g/mol. The van der Waals surface area contributed by atoms with Crippen LogP contribution in [0.3, 0.4) is 0 Å². The van der Waals surface area contributed by atoms with Gasteiger partial charge in [0.05, 0.1) is 32.1 Å². The van der Waals surface area contributed by atoms with Gasteiger partial charge in [0.15, 0.2) is 0 Å². The minimum absolute atomic E-state index is 0.282. The van der Waals surface area contributed by atoms with Crippen molar-refractivity contribution in [3.63, 3.8) is 0 Å². The largest absolute Gasteiger partial charge is 0.475 e. The summed E-state index contributed by atoms with van der Waals surface area (Å²) in [4.78, 5) is 5.85. The standard InChI is InChI=1S/C13H13NOS7/c1-6-5-15-8(14-6)7-9(16-2)20-12(19-7)13-21-10-11(22-13)18-4-3-17-10/h6H,3-5H2,1-2H3/t6-/m1/s1. The van der Waals surface area contributed by atoms with Crippen molar-refractivity contribution in [1.29, 1.82) is 0 Å². The van der Waals surface area contributed by atoms with Crippen LogP contribution in [-0.2, 0) is 4.74 Å². The first kappa shape index (κ1) is 16.6. The number of hydrogen-bond donors (Lipinski definition) is 0. The van der Waals surface area contributed by atoms with Crippen molar-refractivity contribution in [2.75, 3.05) is 24.4 Å². The molecule has 118 valence electrons. The summed E-state index contributed by atoms with van der Waals surface area (Å²) < 4.78 is 13.0. The zero-order valence-corrected chi connectivity index (χ0v) is 17.6. The Kier molecular flexibility index (Phi) is 5.41. The lowest BCUT2D eigenvalue weighted by Crippen LogP contribution is -2.01. The fourth-order valence-corrected chi connectivity index (χ4v) is 11.9. The fourth-order valence-electron chi connectivity index (χ4n) is 2.03. The van der Waals surface area contributed by atoms with E-state index >= 15 is 0 Å². The molecule has 4 heterocycles. The smallest absolute Gasteiger partial charge is 0.225 e. The highest BCUT2D eigenvalue weighted by Gasteiger charge is 2.34. The number of ether oxygens (including phenoxy) is 1. The van der Waals surface area contributed by atoms with Gasteiger partial charge in [-0.25, -0.2) is 4.99 Å². The average Bonchev–Trinajstić information content (AvgIpc) is 3.23. The van der Waals surface area contributed by atoms with Gasteiger partial charge in [0.25, 0.3) is 0 Å². The molecule has 0 radical (unpaired) electrons. The lowest BCUT2D eigenvalue weighted by Gasteiger charge is -2.08. The first-order valence-corrected chi connectivity index (χ1v) is 13.2. The SMILES string of the molecule is CSC1=C(C2=N[C@H](C)CO2)SC(=C2SC3=C(SCCS3)S2)S1. The van der Waals surface area contributed by atoms with E-state index in [4.69, 9.17) is 4.74 Å². The Bertz CT molecular complexity index is 616. The maximum atomic E-state index is 5.78. The van der Waals surface area contributed by atoms with Crippen molar-refractivity contribution >= 4 is 88.2 Å². The second kappa shape index (κ2) is 7.17. The molecular weight excluding hydrogens is 411 g/mol. The summed E-state index contributed by atoms with van der Waals surface area (Å²) in [5.41, 5.74) is 0. The summed E-state index contributed by atoms with van der Waals surface area (Å²) in [5.74, 6) is 3.32. The number of rotatable bonds is 2. The third kappa shape index (κ3) is 3.28. The number of hydrogen-bond acceptors (Lipinski definition) is 9. The highest BCUT2D eigenvalue weighted by atomic mass is 32.3. The van der Waals surface area contributed by atoms with E-state index in [1.54, 1.807) is 11.8 Å². The molecule has 0 unspecified atom stereocenters. The van der Waals surface area contributed by atoms with E-state index in [-0.39, 0.29) is 6.04 Å². The normalized spacial score (nSPS) is 28.5. The Morgan fingerprint density at radius 1 is 1.00 bits per heavy atom. The molecule has 0 aromatic carbocycles. The van der Waals surface area contributed by atoms with Gasteiger partial charge < -0.3 is 4.74 Å². The second-order valence-electron chi connectivity index (χ2n) is 4.67. The number of thioether (sulfide) groups is 7. The molecule has 0 saturated heterocycles. The summed E-state index contributed by atoms with van der Waals surface area (Å²) in [5, 5.41) is 0. The summed E-state index contributed by atoms with van der Waals surface area (Å²) >= 11 is 13.5. The zero-order chi connectivity index (χ0) is 15.1. The zero-order valence-electron chi connectivity index (χ0n) is 11.9. The molecule has 4 aliphatic heterocycles. The molecule has 22 heavy (non-hydrogen) atoms. The highest BCUT2D eigenvalue weighted by Crippen LogP contribution is 2.65. The van der Waals surface area contributed by atoms with Crippen molar-refractivity contribution in [2.24, 2.45) is 4.99 Å². The number of nitrogens with zero attached hydrogens (tertiary/aromatic N) is 1.